The van der Waals surface area contributed by atoms with Gasteiger partial charge in [-0.3, -0.25) is 0 Å². The number of nitrogens with zero attached hydrogens (tertiary/aromatic N) is 2. The lowest BCUT2D eigenvalue weighted by Gasteiger charge is -2.43. The largest absolute Gasteiger partial charge is 0.508 e. The molecular weight excluding hydrogens is 487 g/mol. The molecule has 6 rings (SSSR count). The number of hydrogen-bond donors (Lipinski definition) is 3. The minimum Gasteiger partial charge on any atom is -0.508 e. The van der Waals surface area contributed by atoms with Crippen LogP contribution in [-0.4, -0.2) is 40.3 Å². The molecule has 194 valence electrons. The topological polar surface area (TPSA) is 110 Å². The fraction of sp³-hybridized carbons (Fsp3) is 0.345. The second-order valence-electron chi connectivity index (χ2n) is 10.2. The summed E-state index contributed by atoms with van der Waals surface area (Å²) in [6.45, 7) is 2.34. The molecule has 0 aliphatic heterocycles. The number of ether oxygens (including phenoxy) is 1. The van der Waals surface area contributed by atoms with Crippen LogP contribution in [0, 0.1) is 25.1 Å². The lowest BCUT2D eigenvalue weighted by Crippen LogP contribution is -2.56. The number of aromatic nitrogens is 2. The lowest BCUT2D eigenvalue weighted by molar-refractivity contribution is 0.197. The summed E-state index contributed by atoms with van der Waals surface area (Å²) >= 11 is 0. The van der Waals surface area contributed by atoms with E-state index >= 15 is 0 Å². The van der Waals surface area contributed by atoms with E-state index in [2.05, 4.69) is 26.5 Å². The zero-order valence-corrected chi connectivity index (χ0v) is 21.2. The number of halogens is 1. The molecule has 4 aromatic rings. The highest BCUT2D eigenvalue weighted by molar-refractivity contribution is 6.03. The molecule has 0 atom stereocenters. The minimum atomic E-state index is -0.668. The Morgan fingerprint density at radius 3 is 2.71 bits per heavy atom. The molecule has 3 N–H and O–H groups in total. The zero-order chi connectivity index (χ0) is 26.6. The van der Waals surface area contributed by atoms with E-state index in [4.69, 9.17) is 15.6 Å². The number of phenols is 1. The molecule has 2 aliphatic carbocycles. The van der Waals surface area contributed by atoms with Gasteiger partial charge in [0.25, 0.3) is 0 Å². The van der Waals surface area contributed by atoms with E-state index in [-0.39, 0.29) is 39.6 Å². The molecule has 2 aliphatic rings. The molecule has 2 heterocycles. The van der Waals surface area contributed by atoms with Gasteiger partial charge in [0.1, 0.15) is 28.5 Å². The van der Waals surface area contributed by atoms with E-state index in [1.54, 1.807) is 6.92 Å². The molecule has 9 heteroatoms. The summed E-state index contributed by atoms with van der Waals surface area (Å²) in [5, 5.41) is 18.6. The highest BCUT2D eigenvalue weighted by Gasteiger charge is 2.41. The Morgan fingerprint density at radius 2 is 2.05 bits per heavy atom. The Morgan fingerprint density at radius 1 is 1.26 bits per heavy atom. The van der Waals surface area contributed by atoms with Gasteiger partial charge in [-0.25, -0.2) is 9.18 Å². The molecule has 2 aromatic heterocycles. The molecule has 38 heavy (non-hydrogen) atoms. The maximum atomic E-state index is 14.7. The van der Waals surface area contributed by atoms with Crippen LogP contribution in [0.4, 0.5) is 10.2 Å². The van der Waals surface area contributed by atoms with Crippen molar-refractivity contribution < 1.29 is 18.7 Å². The van der Waals surface area contributed by atoms with Crippen molar-refractivity contribution in [2.45, 2.75) is 50.6 Å². The molecule has 0 radical (unpaired) electrons. The minimum absolute atomic E-state index is 0.0104. The van der Waals surface area contributed by atoms with E-state index in [0.29, 0.717) is 40.3 Å². The van der Waals surface area contributed by atoms with Crippen LogP contribution >= 0.6 is 0 Å². The smallest absolute Gasteiger partial charge is 0.349 e. The van der Waals surface area contributed by atoms with E-state index in [9.17, 15) is 14.3 Å². The number of hydrogen-bond acceptors (Lipinski definition) is 8. The Labute approximate surface area is 218 Å². The summed E-state index contributed by atoms with van der Waals surface area (Å²) in [7, 11) is 1.46. The average Bonchev–Trinajstić information content (AvgIpc) is 3.71. The molecule has 0 bridgehead atoms. The van der Waals surface area contributed by atoms with Gasteiger partial charge in [0.2, 0.25) is 0 Å². The van der Waals surface area contributed by atoms with Gasteiger partial charge in [-0.2, -0.15) is 9.97 Å². The van der Waals surface area contributed by atoms with Crippen LogP contribution < -0.4 is 21.0 Å². The Kier molecular flexibility index (Phi) is 5.73. The molecule has 2 aromatic carbocycles. The van der Waals surface area contributed by atoms with Crippen molar-refractivity contribution in [2.24, 2.45) is 0 Å². The van der Waals surface area contributed by atoms with Crippen molar-refractivity contribution in [3.05, 3.63) is 51.6 Å². The normalized spacial score (nSPS) is 16.3. The van der Waals surface area contributed by atoms with Crippen molar-refractivity contribution in [3.8, 4) is 35.4 Å². The lowest BCUT2D eigenvalue weighted by atomic mass is 9.76. The summed E-state index contributed by atoms with van der Waals surface area (Å²) in [6, 6.07) is 6.29. The van der Waals surface area contributed by atoms with Gasteiger partial charge >= 0.3 is 11.6 Å². The average molecular weight is 515 g/mol. The number of benzene rings is 2. The van der Waals surface area contributed by atoms with E-state index in [1.807, 2.05) is 0 Å². The van der Waals surface area contributed by atoms with Crippen LogP contribution in [0.3, 0.4) is 0 Å². The van der Waals surface area contributed by atoms with Gasteiger partial charge in [-0.1, -0.05) is 12.0 Å². The van der Waals surface area contributed by atoms with E-state index in [0.717, 1.165) is 19.3 Å². The summed E-state index contributed by atoms with van der Waals surface area (Å²) in [6.07, 6.45) is 11.3. The summed E-state index contributed by atoms with van der Waals surface area (Å²) < 4.78 is 25.9. The summed E-state index contributed by atoms with van der Waals surface area (Å²) in [5.74, 6) is 2.17. The van der Waals surface area contributed by atoms with Crippen molar-refractivity contribution in [3.63, 3.8) is 0 Å². The van der Waals surface area contributed by atoms with Gasteiger partial charge in [-0.15, -0.1) is 6.42 Å². The highest BCUT2D eigenvalue weighted by atomic mass is 19.1. The number of nitrogens with one attached hydrogen (secondary N) is 2. The maximum absolute atomic E-state index is 14.7. The Balaban J connectivity index is 1.52. The molecule has 2 fully saturated rings. The van der Waals surface area contributed by atoms with Gasteiger partial charge in [0.15, 0.2) is 0 Å². The molecule has 0 unspecified atom stereocenters. The van der Waals surface area contributed by atoms with Crippen LogP contribution in [0.25, 0.3) is 33.0 Å². The quantitative estimate of drug-likeness (QED) is 0.306. The van der Waals surface area contributed by atoms with E-state index in [1.165, 1.54) is 44.2 Å². The standard InChI is InChI=1S/C29H27FN4O4/c1-4-19-21(30)9-6-16-12-18(35)13-20(22(16)19)25-15(2)24-23(27(36)38-25)26(33-28(32-24)37-3)31-14-29(10-5-11-29)34-17-7-8-17/h1,6,9,12-13,17,34-35H,5,7-8,10-11,14H2,2-3H3,(H,31,32,33). The number of methoxy groups -OCH3 is 1. The zero-order valence-electron chi connectivity index (χ0n) is 21.2. The number of phenolic OH excluding ortho intramolecular Hbond substituents is 1. The van der Waals surface area contributed by atoms with Gasteiger partial charge < -0.3 is 24.9 Å². The SMILES string of the molecule is C#Cc1c(F)ccc2cc(O)cc(-c3oc(=O)c4c(NCC5(NC6CC6)CCC5)nc(OC)nc4c3C)c12. The summed E-state index contributed by atoms with van der Waals surface area (Å²) in [5.41, 5.74) is 0.431. The second-order valence-corrected chi connectivity index (χ2v) is 10.2. The van der Waals surface area contributed by atoms with Crippen LogP contribution in [0.15, 0.2) is 33.5 Å². The third-order valence-corrected chi connectivity index (χ3v) is 7.60. The predicted octanol–water partition coefficient (Wildman–Crippen LogP) is 4.63. The third kappa shape index (κ3) is 4.02. The number of aromatic hydroxyl groups is 1. The van der Waals surface area contributed by atoms with E-state index < -0.39 is 11.4 Å². The molecule has 0 amide bonds. The van der Waals surface area contributed by atoms with Gasteiger partial charge in [0.05, 0.1) is 18.2 Å². The summed E-state index contributed by atoms with van der Waals surface area (Å²) in [4.78, 5) is 22.4. The monoisotopic (exact) mass is 514 g/mol. The Bertz CT molecular complexity index is 1700. The first kappa shape index (κ1) is 24.2. The van der Waals surface area contributed by atoms with Crippen LogP contribution in [0.1, 0.15) is 43.2 Å². The second kappa shape index (κ2) is 8.99. The number of rotatable bonds is 7. The van der Waals surface area contributed by atoms with Crippen molar-refractivity contribution in [2.75, 3.05) is 19.0 Å². The molecule has 2 saturated carbocycles. The van der Waals surface area contributed by atoms with Crippen molar-refractivity contribution in [1.82, 2.24) is 15.3 Å². The number of aryl methyl sites for hydroxylation is 1. The predicted molar refractivity (Wildman–Crippen MR) is 143 cm³/mol. The van der Waals surface area contributed by atoms with Gasteiger partial charge in [-0.05, 0) is 62.6 Å². The van der Waals surface area contributed by atoms with Gasteiger partial charge in [0, 0.05) is 34.6 Å². The first-order chi connectivity index (χ1) is 18.3. The van der Waals surface area contributed by atoms with Crippen LogP contribution in [0.5, 0.6) is 11.8 Å². The molecule has 8 nitrogen and oxygen atoms in total. The highest BCUT2D eigenvalue weighted by Crippen LogP contribution is 2.39. The molecular formula is C29H27FN4O4. The molecule has 0 spiro atoms. The number of anilines is 1. The first-order valence-electron chi connectivity index (χ1n) is 12.7. The number of fused-ring (bicyclic) bond motifs is 2. The third-order valence-electron chi connectivity index (χ3n) is 7.60. The Hall–Kier alpha value is -4.16. The number of terminal acetylenes is 1. The fourth-order valence-corrected chi connectivity index (χ4v) is 5.34. The van der Waals surface area contributed by atoms with Crippen LogP contribution in [-0.2, 0) is 0 Å². The molecule has 0 saturated heterocycles. The fourth-order valence-electron chi connectivity index (χ4n) is 5.34. The van der Waals surface area contributed by atoms with Crippen molar-refractivity contribution in [1.29, 1.82) is 0 Å². The maximum Gasteiger partial charge on any atom is 0.349 e. The van der Waals surface area contributed by atoms with Crippen LogP contribution in [0.2, 0.25) is 0 Å². The first-order valence-corrected chi connectivity index (χ1v) is 12.7. The van der Waals surface area contributed by atoms with Crippen molar-refractivity contribution >= 4 is 27.5 Å².